The zero-order valence-electron chi connectivity index (χ0n) is 20.2. The van der Waals surface area contributed by atoms with Gasteiger partial charge >= 0.3 is 12.4 Å². The number of rotatable bonds is 7. The molecule has 3 atom stereocenters. The number of benzene rings is 1. The minimum Gasteiger partial charge on any atom is -0.481 e. The van der Waals surface area contributed by atoms with Gasteiger partial charge in [-0.05, 0) is 51.2 Å². The van der Waals surface area contributed by atoms with Gasteiger partial charge in [-0.25, -0.2) is 8.42 Å². The number of hydrogen-bond donors (Lipinski definition) is 1. The Kier molecular flexibility index (Phi) is 7.08. The first-order valence-corrected chi connectivity index (χ1v) is 13.7. The third kappa shape index (κ3) is 5.37. The maximum absolute atomic E-state index is 13.7. The van der Waals surface area contributed by atoms with Gasteiger partial charge in [-0.1, -0.05) is 11.6 Å². The van der Waals surface area contributed by atoms with Gasteiger partial charge in [0.25, 0.3) is 0 Å². The van der Waals surface area contributed by atoms with Crippen LogP contribution in [-0.4, -0.2) is 67.0 Å². The third-order valence-electron chi connectivity index (χ3n) is 7.28. The number of nitrogens with zero attached hydrogens (tertiary/aromatic N) is 2. The topological polar surface area (TPSA) is 117 Å². The van der Waals surface area contributed by atoms with Crippen molar-refractivity contribution in [1.29, 1.82) is 5.26 Å². The van der Waals surface area contributed by atoms with Crippen LogP contribution in [0.25, 0.3) is 0 Å². The number of nitriles is 1. The highest BCUT2D eigenvalue weighted by Gasteiger charge is 2.70. The molecule has 0 aromatic heterocycles. The molecule has 1 heterocycles. The van der Waals surface area contributed by atoms with E-state index in [0.29, 0.717) is 17.7 Å². The van der Waals surface area contributed by atoms with Crippen molar-refractivity contribution in [2.75, 3.05) is 6.54 Å². The second kappa shape index (κ2) is 9.43. The largest absolute Gasteiger partial charge is 0.481 e. The number of nitrogens with one attached hydrogen (secondary N) is 1. The smallest absolute Gasteiger partial charge is 0.425 e. The molecule has 0 unspecified atom stereocenters. The molecule has 2 aliphatic carbocycles. The fourth-order valence-electron chi connectivity index (χ4n) is 4.46. The Bertz CT molecular complexity index is 1330. The molecule has 2 amide bonds. The SMILES string of the molecule is C[C@H](Oc1ccc(S(=O)(=O)[C@@H]2C[C@@H](C(=O)NC3(C#N)CC3)N(C(=O)C3(C(F)(F)F)CC3)C2)c(Cl)c1)C(F)(F)F. The van der Waals surface area contributed by atoms with E-state index in [2.05, 4.69) is 5.32 Å². The van der Waals surface area contributed by atoms with E-state index < -0.39 is 98.1 Å². The van der Waals surface area contributed by atoms with Gasteiger partial charge in [-0.3, -0.25) is 9.59 Å². The van der Waals surface area contributed by atoms with Crippen LogP contribution in [0.4, 0.5) is 26.3 Å². The Morgan fingerprint density at radius 3 is 2.26 bits per heavy atom. The van der Waals surface area contributed by atoms with Crippen LogP contribution >= 0.6 is 11.6 Å². The van der Waals surface area contributed by atoms with E-state index >= 15 is 0 Å². The molecule has 0 bridgehead atoms. The van der Waals surface area contributed by atoms with Gasteiger partial charge in [0.15, 0.2) is 15.9 Å². The molecular formula is C23H22ClF6N3O5S. The number of hydrogen-bond acceptors (Lipinski definition) is 6. The van der Waals surface area contributed by atoms with Crippen LogP contribution < -0.4 is 10.1 Å². The number of carbonyl (C=O) groups excluding carboxylic acids is 2. The summed E-state index contributed by atoms with van der Waals surface area (Å²) in [6.07, 6.45) is -12.9. The molecule has 0 spiro atoms. The predicted molar refractivity (Wildman–Crippen MR) is 122 cm³/mol. The van der Waals surface area contributed by atoms with Crippen LogP contribution in [0.5, 0.6) is 5.75 Å². The number of amides is 2. The van der Waals surface area contributed by atoms with Gasteiger partial charge in [0.05, 0.1) is 21.2 Å². The van der Waals surface area contributed by atoms with Gasteiger partial charge in [-0.2, -0.15) is 31.6 Å². The van der Waals surface area contributed by atoms with E-state index in [9.17, 15) is 49.6 Å². The van der Waals surface area contributed by atoms with Gasteiger partial charge in [0.1, 0.15) is 22.7 Å². The average molecular weight is 602 g/mol. The summed E-state index contributed by atoms with van der Waals surface area (Å²) < 4.78 is 111. The maximum atomic E-state index is 13.7. The molecule has 3 fully saturated rings. The Morgan fingerprint density at radius 2 is 1.79 bits per heavy atom. The fraction of sp³-hybridized carbons (Fsp3) is 0.609. The fourth-order valence-corrected chi connectivity index (χ4v) is 6.69. The van der Waals surface area contributed by atoms with E-state index in [-0.39, 0.29) is 5.75 Å². The molecule has 8 nitrogen and oxygen atoms in total. The van der Waals surface area contributed by atoms with Gasteiger partial charge in [-0.15, -0.1) is 0 Å². The summed E-state index contributed by atoms with van der Waals surface area (Å²) in [6.45, 7) is -0.0180. The summed E-state index contributed by atoms with van der Waals surface area (Å²) in [5.74, 6) is -2.75. The second-order valence-corrected chi connectivity index (χ2v) is 12.6. The number of sulfone groups is 1. The molecule has 2 saturated carbocycles. The standard InChI is InChI=1S/C23H22ClF6N3O5S/c1-12(22(25,26)27)38-13-2-3-17(15(24)8-13)39(36,37)14-9-16(18(34)32-20(11-31)4-5-20)33(10-14)19(35)21(6-7-21)23(28,29)30/h2-3,8,12,14,16H,4-7,9-10H2,1H3,(H,32,34)/t12-,14+,16-/m0/s1. The Hall–Kier alpha value is -2.73. The number of ether oxygens (including phenoxy) is 1. The lowest BCUT2D eigenvalue weighted by Crippen LogP contribution is -2.53. The summed E-state index contributed by atoms with van der Waals surface area (Å²) in [6, 6.07) is 2.97. The van der Waals surface area contributed by atoms with E-state index in [4.69, 9.17) is 16.3 Å². The molecule has 1 aliphatic heterocycles. The van der Waals surface area contributed by atoms with Crippen molar-refractivity contribution in [2.24, 2.45) is 5.41 Å². The highest BCUT2D eigenvalue weighted by Crippen LogP contribution is 2.59. The lowest BCUT2D eigenvalue weighted by Gasteiger charge is -2.29. The van der Waals surface area contributed by atoms with Gasteiger partial charge < -0.3 is 15.0 Å². The van der Waals surface area contributed by atoms with E-state index in [0.717, 1.165) is 25.1 Å². The molecule has 1 N–H and O–H groups in total. The normalized spacial score (nSPS) is 24.4. The quantitative estimate of drug-likeness (QED) is 0.474. The van der Waals surface area contributed by atoms with Crippen LogP contribution in [0.3, 0.4) is 0 Å². The summed E-state index contributed by atoms with van der Waals surface area (Å²) in [4.78, 5) is 26.1. The number of carbonyl (C=O) groups is 2. The molecule has 1 aromatic rings. The molecule has 4 rings (SSSR count). The van der Waals surface area contributed by atoms with Crippen molar-refractivity contribution in [1.82, 2.24) is 10.2 Å². The highest BCUT2D eigenvalue weighted by atomic mass is 35.5. The van der Waals surface area contributed by atoms with Crippen molar-refractivity contribution in [3.63, 3.8) is 0 Å². The third-order valence-corrected chi connectivity index (χ3v) is 9.89. The molecule has 1 saturated heterocycles. The van der Waals surface area contributed by atoms with Crippen molar-refractivity contribution in [2.45, 2.75) is 79.2 Å². The van der Waals surface area contributed by atoms with Crippen LogP contribution in [-0.2, 0) is 19.4 Å². The van der Waals surface area contributed by atoms with Crippen molar-refractivity contribution < 1.29 is 49.1 Å². The van der Waals surface area contributed by atoms with Crippen molar-refractivity contribution in [3.8, 4) is 11.8 Å². The molecule has 16 heteroatoms. The lowest BCUT2D eigenvalue weighted by molar-refractivity contribution is -0.199. The van der Waals surface area contributed by atoms with Crippen LogP contribution in [0.15, 0.2) is 23.1 Å². The van der Waals surface area contributed by atoms with Gasteiger partial charge in [0, 0.05) is 12.6 Å². The first-order valence-electron chi connectivity index (χ1n) is 11.7. The number of halogens is 7. The Morgan fingerprint density at radius 1 is 1.18 bits per heavy atom. The van der Waals surface area contributed by atoms with Crippen molar-refractivity contribution in [3.05, 3.63) is 23.2 Å². The molecule has 0 radical (unpaired) electrons. The minimum atomic E-state index is -4.92. The molecule has 214 valence electrons. The van der Waals surface area contributed by atoms with E-state index in [1.54, 1.807) is 0 Å². The number of alkyl halides is 6. The van der Waals surface area contributed by atoms with Crippen LogP contribution in [0, 0.1) is 16.7 Å². The molecular weight excluding hydrogens is 580 g/mol. The highest BCUT2D eigenvalue weighted by molar-refractivity contribution is 7.92. The Labute approximate surface area is 224 Å². The summed E-state index contributed by atoms with van der Waals surface area (Å²) in [5.41, 5.74) is -3.95. The average Bonchev–Trinajstić information content (AvgIpc) is 3.74. The zero-order chi connectivity index (χ0) is 29.2. The minimum absolute atomic E-state index is 0.293. The monoisotopic (exact) mass is 601 g/mol. The predicted octanol–water partition coefficient (Wildman–Crippen LogP) is 3.93. The summed E-state index contributed by atoms with van der Waals surface area (Å²) in [7, 11) is -4.50. The van der Waals surface area contributed by atoms with Crippen molar-refractivity contribution >= 4 is 33.3 Å². The Balaban J connectivity index is 1.62. The first-order chi connectivity index (χ1) is 17.9. The lowest BCUT2D eigenvalue weighted by atomic mass is 10.0. The first kappa shape index (κ1) is 29.3. The van der Waals surface area contributed by atoms with Crippen LogP contribution in [0.2, 0.25) is 5.02 Å². The van der Waals surface area contributed by atoms with E-state index in [1.807, 2.05) is 6.07 Å². The summed E-state index contributed by atoms with van der Waals surface area (Å²) >= 11 is 6.06. The number of likely N-dealkylation sites (tertiary alicyclic amines) is 1. The molecule has 39 heavy (non-hydrogen) atoms. The zero-order valence-corrected chi connectivity index (χ0v) is 21.8. The van der Waals surface area contributed by atoms with Gasteiger partial charge in [0.2, 0.25) is 11.8 Å². The maximum Gasteiger partial charge on any atom is 0.425 e. The van der Waals surface area contributed by atoms with Crippen LogP contribution in [0.1, 0.15) is 39.0 Å². The molecule has 1 aromatic carbocycles. The van der Waals surface area contributed by atoms with E-state index in [1.165, 1.54) is 0 Å². The summed E-state index contributed by atoms with van der Waals surface area (Å²) in [5, 5.41) is 9.62. The second-order valence-electron chi connectivity index (χ2n) is 10.0. The molecule has 3 aliphatic rings.